The number of hydrogen-bond donors (Lipinski definition) is 1. The zero-order chi connectivity index (χ0) is 23.0. The highest BCUT2D eigenvalue weighted by atomic mass is 35.5. The van der Waals surface area contributed by atoms with Gasteiger partial charge in [-0.2, -0.15) is 0 Å². The highest BCUT2D eigenvalue weighted by Crippen LogP contribution is 2.35. The molecule has 1 aliphatic rings. The number of halogens is 1. The number of carboxylic acids is 1. The molecule has 8 heteroatoms. The second-order valence-corrected chi connectivity index (χ2v) is 8.79. The Hall–Kier alpha value is -3.29. The summed E-state index contributed by atoms with van der Waals surface area (Å²) in [6.45, 7) is 3.99. The van der Waals surface area contributed by atoms with Crippen LogP contribution in [0.25, 0.3) is 11.8 Å². The second-order valence-electron chi connectivity index (χ2n) is 7.38. The van der Waals surface area contributed by atoms with E-state index in [-0.39, 0.29) is 28.3 Å². The summed E-state index contributed by atoms with van der Waals surface area (Å²) >= 11 is 6.92. The average Bonchev–Trinajstić information content (AvgIpc) is 3.18. The maximum absolute atomic E-state index is 12.9. The second kappa shape index (κ2) is 8.68. The molecular formula is C24H19ClN2O4S. The minimum absolute atomic E-state index is 0.0141. The summed E-state index contributed by atoms with van der Waals surface area (Å²) in [7, 11) is 0. The molecule has 1 fully saturated rings. The molecule has 0 radical (unpaired) electrons. The van der Waals surface area contributed by atoms with Crippen LogP contribution in [0.4, 0.5) is 4.79 Å². The van der Waals surface area contributed by atoms with Crippen LogP contribution in [0, 0.1) is 13.8 Å². The molecule has 0 unspecified atom stereocenters. The molecule has 1 aliphatic heterocycles. The number of aryl methyl sites for hydroxylation is 1. The summed E-state index contributed by atoms with van der Waals surface area (Å²) in [6, 6.07) is 16.1. The molecule has 0 atom stereocenters. The summed E-state index contributed by atoms with van der Waals surface area (Å²) in [6.07, 6.45) is 1.71. The van der Waals surface area contributed by atoms with E-state index < -0.39 is 5.97 Å². The molecule has 2 heterocycles. The monoisotopic (exact) mass is 466 g/mol. The Morgan fingerprint density at radius 1 is 1.09 bits per heavy atom. The van der Waals surface area contributed by atoms with Crippen LogP contribution in [0.5, 0.6) is 0 Å². The number of thioether (sulfide) groups is 1. The van der Waals surface area contributed by atoms with Gasteiger partial charge >= 0.3 is 5.97 Å². The Balaban J connectivity index is 1.66. The van der Waals surface area contributed by atoms with Crippen LogP contribution in [0.3, 0.4) is 0 Å². The molecule has 162 valence electrons. The standard InChI is InChI=1S/C24H19ClN2O4S/c1-14-10-17(15(2)27(14)18-8-9-20(25)19(12-18)23(29)30)11-21-22(28)26(24(31)32-21)13-16-6-4-3-5-7-16/h3-12H,13H2,1-2H3,(H,29,30)/b21-11-. The van der Waals surface area contributed by atoms with Crippen LogP contribution in [-0.2, 0) is 11.3 Å². The topological polar surface area (TPSA) is 79.6 Å². The van der Waals surface area contributed by atoms with Crippen LogP contribution < -0.4 is 0 Å². The van der Waals surface area contributed by atoms with Crippen molar-refractivity contribution in [2.45, 2.75) is 20.4 Å². The lowest BCUT2D eigenvalue weighted by molar-refractivity contribution is -0.123. The van der Waals surface area contributed by atoms with E-state index in [1.807, 2.05) is 54.8 Å². The van der Waals surface area contributed by atoms with E-state index in [0.717, 1.165) is 34.3 Å². The van der Waals surface area contributed by atoms with Crippen molar-refractivity contribution in [3.05, 3.63) is 92.6 Å². The normalized spacial score (nSPS) is 15.1. The van der Waals surface area contributed by atoms with Gasteiger partial charge in [0.15, 0.2) is 0 Å². The van der Waals surface area contributed by atoms with Gasteiger partial charge < -0.3 is 9.67 Å². The van der Waals surface area contributed by atoms with E-state index >= 15 is 0 Å². The predicted molar refractivity (Wildman–Crippen MR) is 125 cm³/mol. The fourth-order valence-electron chi connectivity index (χ4n) is 3.69. The first-order valence-corrected chi connectivity index (χ1v) is 11.0. The number of hydrogen-bond acceptors (Lipinski definition) is 4. The van der Waals surface area contributed by atoms with Crippen molar-refractivity contribution in [2.75, 3.05) is 0 Å². The van der Waals surface area contributed by atoms with Gasteiger partial charge in [-0.05, 0) is 67.1 Å². The third-order valence-corrected chi connectivity index (χ3v) is 6.49. The van der Waals surface area contributed by atoms with E-state index in [1.54, 1.807) is 18.2 Å². The fourth-order valence-corrected chi connectivity index (χ4v) is 4.72. The number of benzene rings is 2. The van der Waals surface area contributed by atoms with Crippen molar-refractivity contribution in [3.63, 3.8) is 0 Å². The summed E-state index contributed by atoms with van der Waals surface area (Å²) in [4.78, 5) is 38.4. The lowest BCUT2D eigenvalue weighted by Gasteiger charge is -2.12. The smallest absolute Gasteiger partial charge is 0.337 e. The molecule has 1 N–H and O–H groups in total. The quantitative estimate of drug-likeness (QED) is 0.489. The number of carbonyl (C=O) groups is 3. The molecule has 2 aromatic carbocycles. The summed E-state index contributed by atoms with van der Waals surface area (Å²) < 4.78 is 1.89. The Morgan fingerprint density at radius 3 is 2.50 bits per heavy atom. The average molecular weight is 467 g/mol. The van der Waals surface area contributed by atoms with Crippen molar-refractivity contribution >= 4 is 46.6 Å². The molecule has 1 saturated heterocycles. The van der Waals surface area contributed by atoms with E-state index in [9.17, 15) is 19.5 Å². The Morgan fingerprint density at radius 2 is 1.81 bits per heavy atom. The minimum atomic E-state index is -1.10. The molecule has 4 rings (SSSR count). The lowest BCUT2D eigenvalue weighted by Crippen LogP contribution is -2.27. The van der Waals surface area contributed by atoms with Gasteiger partial charge in [0.05, 0.1) is 22.0 Å². The molecule has 3 aromatic rings. The van der Waals surface area contributed by atoms with E-state index in [0.29, 0.717) is 10.6 Å². The number of aromatic carboxylic acids is 1. The van der Waals surface area contributed by atoms with E-state index in [1.165, 1.54) is 11.0 Å². The van der Waals surface area contributed by atoms with Gasteiger partial charge in [-0.3, -0.25) is 14.5 Å². The third kappa shape index (κ3) is 4.09. The van der Waals surface area contributed by atoms with Crippen molar-refractivity contribution in [1.82, 2.24) is 9.47 Å². The van der Waals surface area contributed by atoms with Crippen LogP contribution in [0.1, 0.15) is 32.9 Å². The molecule has 1 aromatic heterocycles. The fraction of sp³-hybridized carbons (Fsp3) is 0.125. The van der Waals surface area contributed by atoms with Crippen molar-refractivity contribution in [2.24, 2.45) is 0 Å². The van der Waals surface area contributed by atoms with Crippen molar-refractivity contribution in [1.29, 1.82) is 0 Å². The zero-order valence-electron chi connectivity index (χ0n) is 17.3. The van der Waals surface area contributed by atoms with E-state index in [4.69, 9.17) is 11.6 Å². The lowest BCUT2D eigenvalue weighted by atomic mass is 10.2. The number of carbonyl (C=O) groups excluding carboxylic acids is 2. The van der Waals surface area contributed by atoms with Crippen LogP contribution >= 0.6 is 23.4 Å². The largest absolute Gasteiger partial charge is 0.478 e. The number of rotatable bonds is 5. The Labute approximate surface area is 194 Å². The highest BCUT2D eigenvalue weighted by molar-refractivity contribution is 8.18. The molecular weight excluding hydrogens is 448 g/mol. The number of nitrogens with zero attached hydrogens (tertiary/aromatic N) is 2. The first kappa shape index (κ1) is 21.9. The number of imide groups is 1. The van der Waals surface area contributed by atoms with Crippen molar-refractivity contribution < 1.29 is 19.5 Å². The number of carboxylic acid groups (broad SMARTS) is 1. The van der Waals surface area contributed by atoms with Crippen molar-refractivity contribution in [3.8, 4) is 5.69 Å². The van der Waals surface area contributed by atoms with Crippen LogP contribution in [-0.4, -0.2) is 31.7 Å². The Bertz CT molecular complexity index is 1280. The molecule has 0 aliphatic carbocycles. The van der Waals surface area contributed by atoms with Gasteiger partial charge in [0, 0.05) is 17.1 Å². The molecule has 32 heavy (non-hydrogen) atoms. The first-order valence-electron chi connectivity index (χ1n) is 9.77. The van der Waals surface area contributed by atoms with Gasteiger partial charge in [0.1, 0.15) is 0 Å². The van der Waals surface area contributed by atoms with Crippen LogP contribution in [0.2, 0.25) is 5.02 Å². The number of amides is 2. The molecule has 6 nitrogen and oxygen atoms in total. The predicted octanol–water partition coefficient (Wildman–Crippen LogP) is 5.68. The Kier molecular flexibility index (Phi) is 5.95. The summed E-state index contributed by atoms with van der Waals surface area (Å²) in [5.74, 6) is -1.43. The van der Waals surface area contributed by atoms with Crippen LogP contribution in [0.15, 0.2) is 59.5 Å². The van der Waals surface area contributed by atoms with E-state index in [2.05, 4.69) is 0 Å². The number of aromatic nitrogens is 1. The SMILES string of the molecule is Cc1cc(/C=C2\SC(=O)N(Cc3ccccc3)C2=O)c(C)n1-c1ccc(Cl)c(C(=O)O)c1. The maximum atomic E-state index is 12.9. The first-order chi connectivity index (χ1) is 15.3. The summed E-state index contributed by atoms with van der Waals surface area (Å²) in [5.41, 5.74) is 4.00. The molecule has 2 amide bonds. The maximum Gasteiger partial charge on any atom is 0.337 e. The summed E-state index contributed by atoms with van der Waals surface area (Å²) in [5, 5.41) is 9.24. The molecule has 0 saturated carbocycles. The molecule has 0 spiro atoms. The van der Waals surface area contributed by atoms with Gasteiger partial charge in [0.25, 0.3) is 11.1 Å². The van der Waals surface area contributed by atoms with Gasteiger partial charge in [0.2, 0.25) is 0 Å². The van der Waals surface area contributed by atoms with Gasteiger partial charge in [-0.15, -0.1) is 0 Å². The van der Waals surface area contributed by atoms with Gasteiger partial charge in [-0.25, -0.2) is 4.79 Å². The highest BCUT2D eigenvalue weighted by Gasteiger charge is 2.35. The van der Waals surface area contributed by atoms with Gasteiger partial charge in [-0.1, -0.05) is 41.9 Å². The minimum Gasteiger partial charge on any atom is -0.478 e. The zero-order valence-corrected chi connectivity index (χ0v) is 18.9. The molecule has 0 bridgehead atoms. The third-order valence-electron chi connectivity index (χ3n) is 5.25.